The first-order valence-electron chi connectivity index (χ1n) is 9.21. The second kappa shape index (κ2) is 7.80. The minimum atomic E-state index is -0.199. The molecule has 1 atom stereocenters. The summed E-state index contributed by atoms with van der Waals surface area (Å²) in [6.45, 7) is 1.36. The summed E-state index contributed by atoms with van der Waals surface area (Å²) in [4.78, 5) is 26.2. The van der Waals surface area contributed by atoms with Crippen molar-refractivity contribution in [3.05, 3.63) is 82.2 Å². The maximum Gasteiger partial charge on any atom is 0.251 e. The van der Waals surface area contributed by atoms with Crippen LogP contribution in [-0.4, -0.2) is 26.4 Å². The second-order valence-corrected chi connectivity index (χ2v) is 6.81. The minimum absolute atomic E-state index is 0.0110. The molecule has 0 spiro atoms. The molecule has 1 aromatic carbocycles. The van der Waals surface area contributed by atoms with E-state index in [0.717, 1.165) is 31.5 Å². The van der Waals surface area contributed by atoms with Gasteiger partial charge in [-0.3, -0.25) is 14.7 Å². The number of nitrogens with zero attached hydrogens (tertiary/aromatic N) is 3. The molecule has 0 saturated carbocycles. The Bertz CT molecular complexity index is 973. The summed E-state index contributed by atoms with van der Waals surface area (Å²) < 4.78 is 14.1. The standard InChI is InChI=1S/C21H21FN4O/c22-16-8-2-1-7-15(16)14-26-12-6-4-10-19(26)18-13-20(27)25-21(24-18)17-9-3-5-11-23-17/h1-3,5,7-9,11,13,19H,4,6,10,12,14H2,(H,24,25,27)/t19-/m0/s1. The molecule has 0 aliphatic carbocycles. The Morgan fingerprint density at radius 1 is 1.15 bits per heavy atom. The number of piperidine rings is 1. The summed E-state index contributed by atoms with van der Waals surface area (Å²) in [6.07, 6.45) is 4.69. The smallest absolute Gasteiger partial charge is 0.251 e. The molecule has 0 radical (unpaired) electrons. The highest BCUT2D eigenvalue weighted by Crippen LogP contribution is 2.31. The number of benzene rings is 1. The lowest BCUT2D eigenvalue weighted by Crippen LogP contribution is -2.34. The van der Waals surface area contributed by atoms with E-state index in [0.29, 0.717) is 23.6 Å². The van der Waals surface area contributed by atoms with E-state index < -0.39 is 0 Å². The van der Waals surface area contributed by atoms with E-state index in [1.165, 1.54) is 6.07 Å². The third kappa shape index (κ3) is 3.95. The number of likely N-dealkylation sites (tertiary alicyclic amines) is 1. The van der Waals surface area contributed by atoms with Gasteiger partial charge in [0.05, 0.1) is 11.7 Å². The molecule has 0 bridgehead atoms. The van der Waals surface area contributed by atoms with Gasteiger partial charge in [-0.2, -0.15) is 0 Å². The van der Waals surface area contributed by atoms with Crippen LogP contribution in [0.3, 0.4) is 0 Å². The van der Waals surface area contributed by atoms with E-state index >= 15 is 0 Å². The molecule has 6 heteroatoms. The Hall–Kier alpha value is -2.86. The SMILES string of the molecule is O=c1cc([C@@H]2CCCCN2Cc2ccccc2F)nc(-c2ccccn2)[nH]1. The van der Waals surface area contributed by atoms with Crippen LogP contribution >= 0.6 is 0 Å². The molecule has 0 amide bonds. The van der Waals surface area contributed by atoms with Crippen LogP contribution in [-0.2, 0) is 6.54 Å². The van der Waals surface area contributed by atoms with Crippen LogP contribution in [0.1, 0.15) is 36.6 Å². The van der Waals surface area contributed by atoms with Gasteiger partial charge in [0.1, 0.15) is 11.5 Å². The van der Waals surface area contributed by atoms with Gasteiger partial charge in [0.15, 0.2) is 5.82 Å². The van der Waals surface area contributed by atoms with Gasteiger partial charge in [0, 0.05) is 24.4 Å². The van der Waals surface area contributed by atoms with Gasteiger partial charge in [0.2, 0.25) is 0 Å². The molecular weight excluding hydrogens is 343 g/mol. The lowest BCUT2D eigenvalue weighted by atomic mass is 9.98. The average molecular weight is 364 g/mol. The van der Waals surface area contributed by atoms with Crippen LogP contribution in [0.25, 0.3) is 11.5 Å². The molecule has 1 aliphatic rings. The van der Waals surface area contributed by atoms with Gasteiger partial charge >= 0.3 is 0 Å². The number of aromatic amines is 1. The zero-order valence-corrected chi connectivity index (χ0v) is 14.9. The number of pyridine rings is 1. The molecule has 5 nitrogen and oxygen atoms in total. The number of hydrogen-bond donors (Lipinski definition) is 1. The van der Waals surface area contributed by atoms with Crippen molar-refractivity contribution in [2.24, 2.45) is 0 Å². The normalized spacial score (nSPS) is 17.7. The molecule has 1 N–H and O–H groups in total. The van der Waals surface area contributed by atoms with E-state index in [1.807, 2.05) is 30.3 Å². The Morgan fingerprint density at radius 3 is 2.81 bits per heavy atom. The minimum Gasteiger partial charge on any atom is -0.305 e. The molecule has 1 fully saturated rings. The molecule has 138 valence electrons. The molecule has 3 aromatic rings. The lowest BCUT2D eigenvalue weighted by Gasteiger charge is -2.35. The highest BCUT2D eigenvalue weighted by molar-refractivity contribution is 5.48. The highest BCUT2D eigenvalue weighted by Gasteiger charge is 2.26. The Labute approximate surface area is 156 Å². The van der Waals surface area contributed by atoms with Crippen molar-refractivity contribution in [1.29, 1.82) is 0 Å². The van der Waals surface area contributed by atoms with Crippen molar-refractivity contribution in [3.8, 4) is 11.5 Å². The first-order valence-corrected chi connectivity index (χ1v) is 9.21. The quantitative estimate of drug-likeness (QED) is 0.767. The fraction of sp³-hybridized carbons (Fsp3) is 0.286. The molecule has 0 unspecified atom stereocenters. The number of hydrogen-bond acceptors (Lipinski definition) is 4. The molecule has 2 aromatic heterocycles. The van der Waals surface area contributed by atoms with Crippen molar-refractivity contribution in [2.75, 3.05) is 6.54 Å². The Kier molecular flexibility index (Phi) is 5.07. The first-order chi connectivity index (χ1) is 13.2. The van der Waals surface area contributed by atoms with Crippen LogP contribution < -0.4 is 5.56 Å². The highest BCUT2D eigenvalue weighted by atomic mass is 19.1. The predicted octanol–water partition coefficient (Wildman–Crippen LogP) is 3.70. The summed E-state index contributed by atoms with van der Waals surface area (Å²) in [5, 5.41) is 0. The van der Waals surface area contributed by atoms with Crippen LogP contribution in [0.4, 0.5) is 4.39 Å². The zero-order valence-electron chi connectivity index (χ0n) is 14.9. The van der Waals surface area contributed by atoms with Crippen LogP contribution in [0, 0.1) is 5.82 Å². The maximum absolute atomic E-state index is 14.1. The monoisotopic (exact) mass is 364 g/mol. The Balaban J connectivity index is 1.67. The van der Waals surface area contributed by atoms with Crippen molar-refractivity contribution in [2.45, 2.75) is 31.8 Å². The van der Waals surface area contributed by atoms with Crippen LogP contribution in [0.5, 0.6) is 0 Å². The second-order valence-electron chi connectivity index (χ2n) is 6.81. The van der Waals surface area contributed by atoms with E-state index in [-0.39, 0.29) is 17.4 Å². The first kappa shape index (κ1) is 17.5. The number of rotatable bonds is 4. The largest absolute Gasteiger partial charge is 0.305 e. The van der Waals surface area contributed by atoms with E-state index in [1.54, 1.807) is 18.3 Å². The summed E-state index contributed by atoms with van der Waals surface area (Å²) in [6, 6.07) is 13.9. The number of aromatic nitrogens is 3. The Morgan fingerprint density at radius 2 is 2.00 bits per heavy atom. The third-order valence-electron chi connectivity index (χ3n) is 4.96. The molecule has 27 heavy (non-hydrogen) atoms. The van der Waals surface area contributed by atoms with Gasteiger partial charge in [-0.25, -0.2) is 9.37 Å². The zero-order chi connectivity index (χ0) is 18.6. The predicted molar refractivity (Wildman–Crippen MR) is 101 cm³/mol. The van der Waals surface area contributed by atoms with Crippen molar-refractivity contribution < 1.29 is 4.39 Å². The molecular formula is C21H21FN4O. The number of nitrogens with one attached hydrogen (secondary N) is 1. The number of halogens is 1. The van der Waals surface area contributed by atoms with E-state index in [4.69, 9.17) is 0 Å². The van der Waals surface area contributed by atoms with Crippen LogP contribution in [0.15, 0.2) is 59.5 Å². The molecule has 3 heterocycles. The van der Waals surface area contributed by atoms with E-state index in [9.17, 15) is 9.18 Å². The average Bonchev–Trinajstić information content (AvgIpc) is 2.70. The van der Waals surface area contributed by atoms with Gasteiger partial charge < -0.3 is 4.98 Å². The topological polar surface area (TPSA) is 61.9 Å². The van der Waals surface area contributed by atoms with Crippen LogP contribution in [0.2, 0.25) is 0 Å². The van der Waals surface area contributed by atoms with Crippen molar-refractivity contribution >= 4 is 0 Å². The third-order valence-corrected chi connectivity index (χ3v) is 4.96. The summed E-state index contributed by atoms with van der Waals surface area (Å²) in [5.74, 6) is 0.268. The lowest BCUT2D eigenvalue weighted by molar-refractivity contribution is 0.135. The fourth-order valence-electron chi connectivity index (χ4n) is 3.63. The summed E-state index contributed by atoms with van der Waals surface area (Å²) in [7, 11) is 0. The fourth-order valence-corrected chi connectivity index (χ4v) is 3.63. The summed E-state index contributed by atoms with van der Waals surface area (Å²) in [5.41, 5.74) is 1.82. The van der Waals surface area contributed by atoms with Gasteiger partial charge in [-0.1, -0.05) is 30.7 Å². The molecule has 1 aliphatic heterocycles. The number of H-pyrrole nitrogens is 1. The van der Waals surface area contributed by atoms with Crippen molar-refractivity contribution in [1.82, 2.24) is 19.9 Å². The van der Waals surface area contributed by atoms with Gasteiger partial charge in [0.25, 0.3) is 5.56 Å². The molecule has 4 rings (SSSR count). The van der Waals surface area contributed by atoms with Gasteiger partial charge in [-0.15, -0.1) is 0 Å². The van der Waals surface area contributed by atoms with E-state index in [2.05, 4.69) is 19.9 Å². The van der Waals surface area contributed by atoms with Crippen molar-refractivity contribution in [3.63, 3.8) is 0 Å². The maximum atomic E-state index is 14.1. The van der Waals surface area contributed by atoms with Gasteiger partial charge in [-0.05, 0) is 37.6 Å². The summed E-state index contributed by atoms with van der Waals surface area (Å²) >= 11 is 0. The molecule has 1 saturated heterocycles.